The van der Waals surface area contributed by atoms with Gasteiger partial charge in [0.05, 0.1) is 18.9 Å². The van der Waals surface area contributed by atoms with Crippen LogP contribution in [0.1, 0.15) is 49.7 Å². The second-order valence-electron chi connectivity index (χ2n) is 14.9. The van der Waals surface area contributed by atoms with E-state index in [-0.39, 0.29) is 47.6 Å². The first kappa shape index (κ1) is 39.2. The third-order valence-corrected chi connectivity index (χ3v) is 11.7. The van der Waals surface area contributed by atoms with E-state index in [9.17, 15) is 32.3 Å². The largest absolute Gasteiger partial charge is 0.496 e. The molecule has 13 nitrogen and oxygen atoms in total. The topological polar surface area (TPSA) is 145 Å². The van der Waals surface area contributed by atoms with Gasteiger partial charge in [0, 0.05) is 104 Å². The molecule has 3 N–H and O–H groups in total. The van der Waals surface area contributed by atoms with Crippen LogP contribution in [0.15, 0.2) is 47.5 Å². The Labute approximate surface area is 326 Å². The number of carbonyl (C=O) groups excluding carboxylic acids is 3. The minimum Gasteiger partial charge on any atom is -0.496 e. The van der Waals surface area contributed by atoms with Crippen molar-refractivity contribution in [2.45, 2.75) is 63.3 Å². The van der Waals surface area contributed by atoms with Crippen molar-refractivity contribution >= 4 is 51.6 Å². The van der Waals surface area contributed by atoms with Crippen molar-refractivity contribution in [2.24, 2.45) is 13.0 Å². The van der Waals surface area contributed by atoms with E-state index in [1.807, 2.05) is 24.1 Å². The number of hydrogen-bond acceptors (Lipinski definition) is 9. The number of amides is 3. The predicted octanol–water partition coefficient (Wildman–Crippen LogP) is 5.17. The first-order valence-electron chi connectivity index (χ1n) is 18.7. The number of methoxy groups -OCH3 is 1. The number of pyridine rings is 1. The zero-order chi connectivity index (χ0) is 39.9. The molecule has 56 heavy (non-hydrogen) atoms. The number of rotatable bonds is 9. The lowest BCUT2D eigenvalue weighted by atomic mass is 9.92. The van der Waals surface area contributed by atoms with E-state index in [0.29, 0.717) is 54.2 Å². The maximum absolute atomic E-state index is 14.3. The predicted molar refractivity (Wildman–Crippen MR) is 206 cm³/mol. The molecule has 0 bridgehead atoms. The third kappa shape index (κ3) is 7.94. The van der Waals surface area contributed by atoms with Crippen molar-refractivity contribution in [3.05, 3.63) is 69.2 Å². The Balaban J connectivity index is 0.943. The lowest BCUT2D eigenvalue weighted by Gasteiger charge is -2.40. The number of carbonyl (C=O) groups is 3. The van der Waals surface area contributed by atoms with Crippen molar-refractivity contribution in [3.63, 3.8) is 0 Å². The van der Waals surface area contributed by atoms with Crippen LogP contribution in [0.2, 0.25) is 5.02 Å². The summed E-state index contributed by atoms with van der Waals surface area (Å²) in [4.78, 5) is 55.7. The van der Waals surface area contributed by atoms with Crippen LogP contribution in [0.3, 0.4) is 0 Å². The number of imide groups is 1. The summed E-state index contributed by atoms with van der Waals surface area (Å²) >= 11 is 6.88. The molecule has 3 fully saturated rings. The highest BCUT2D eigenvalue weighted by atomic mass is 35.5. The molecule has 0 radical (unpaired) electrons. The van der Waals surface area contributed by atoms with Gasteiger partial charge in [0.2, 0.25) is 17.7 Å². The molecule has 0 spiro atoms. The summed E-state index contributed by atoms with van der Waals surface area (Å²) in [5.41, 5.74) is 2.01. The van der Waals surface area contributed by atoms with Crippen molar-refractivity contribution in [1.82, 2.24) is 29.9 Å². The van der Waals surface area contributed by atoms with Crippen molar-refractivity contribution in [3.8, 4) is 16.9 Å². The number of likely N-dealkylation sites (tertiary alicyclic amines) is 1. The molecule has 17 heteroatoms. The summed E-state index contributed by atoms with van der Waals surface area (Å²) in [5.74, 6) is -0.632. The second kappa shape index (κ2) is 15.8. The van der Waals surface area contributed by atoms with Gasteiger partial charge in [-0.05, 0) is 68.0 Å². The normalized spacial score (nSPS) is 19.0. The van der Waals surface area contributed by atoms with Gasteiger partial charge in [-0.1, -0.05) is 11.6 Å². The number of hydrogen-bond donors (Lipinski definition) is 3. The van der Waals surface area contributed by atoms with Gasteiger partial charge in [-0.15, -0.1) is 0 Å². The minimum absolute atomic E-state index is 0.00776. The lowest BCUT2D eigenvalue weighted by molar-refractivity contribution is -0.139. The molecule has 3 saturated heterocycles. The number of aromatic amines is 1. The van der Waals surface area contributed by atoms with E-state index in [1.54, 1.807) is 31.5 Å². The highest BCUT2D eigenvalue weighted by Gasteiger charge is 2.38. The summed E-state index contributed by atoms with van der Waals surface area (Å²) in [6, 6.07) is 6.93. The maximum atomic E-state index is 14.3. The van der Waals surface area contributed by atoms with Crippen LogP contribution in [0.25, 0.3) is 22.0 Å². The number of aromatic nitrogens is 3. The Morgan fingerprint density at radius 1 is 1.05 bits per heavy atom. The van der Waals surface area contributed by atoms with Crippen molar-refractivity contribution in [1.29, 1.82) is 0 Å². The van der Waals surface area contributed by atoms with E-state index >= 15 is 0 Å². The summed E-state index contributed by atoms with van der Waals surface area (Å²) < 4.78 is 50.2. The SMILES string of the molecule is COc1cc(-c2cn(C)c(=O)c3[nH]ncc23)cc(Cl)c1CN1CCC(N(C)C(=O)C2CCN(c3ccc(NC4CCC(=O)NC4=O)cc3C(F)(F)F)CC2)CC1. The number of halogens is 4. The van der Waals surface area contributed by atoms with Crippen LogP contribution in [0.4, 0.5) is 24.5 Å². The number of aryl methyl sites for hydroxylation is 1. The Bertz CT molecular complexity index is 2210. The van der Waals surface area contributed by atoms with Gasteiger partial charge >= 0.3 is 6.18 Å². The highest BCUT2D eigenvalue weighted by molar-refractivity contribution is 6.32. The average Bonchev–Trinajstić information content (AvgIpc) is 3.68. The average molecular weight is 797 g/mol. The minimum atomic E-state index is -4.64. The van der Waals surface area contributed by atoms with Crippen LogP contribution < -0.4 is 25.8 Å². The van der Waals surface area contributed by atoms with E-state index in [4.69, 9.17) is 16.3 Å². The number of anilines is 2. The third-order valence-electron chi connectivity index (χ3n) is 11.4. The van der Waals surface area contributed by atoms with Gasteiger partial charge in [0.25, 0.3) is 5.56 Å². The Hall–Kier alpha value is -5.09. The van der Waals surface area contributed by atoms with Crippen LogP contribution in [0.5, 0.6) is 5.75 Å². The molecule has 0 saturated carbocycles. The zero-order valence-corrected chi connectivity index (χ0v) is 32.1. The van der Waals surface area contributed by atoms with Crippen LogP contribution in [-0.4, -0.2) is 94.7 Å². The fourth-order valence-electron chi connectivity index (χ4n) is 8.17. The number of ether oxygens (including phenoxy) is 1. The molecule has 0 aliphatic carbocycles. The lowest BCUT2D eigenvalue weighted by Crippen LogP contribution is -2.49. The molecule has 3 aliphatic rings. The van der Waals surface area contributed by atoms with Gasteiger partial charge in [-0.2, -0.15) is 18.3 Å². The van der Waals surface area contributed by atoms with E-state index in [2.05, 4.69) is 25.7 Å². The van der Waals surface area contributed by atoms with Crippen LogP contribution in [-0.2, 0) is 34.2 Å². The molecule has 5 heterocycles. The van der Waals surface area contributed by atoms with E-state index < -0.39 is 29.6 Å². The molecular weight excluding hydrogens is 753 g/mol. The molecule has 2 aromatic heterocycles. The monoisotopic (exact) mass is 796 g/mol. The van der Waals surface area contributed by atoms with Gasteiger partial charge in [0.15, 0.2) is 0 Å². The smallest absolute Gasteiger partial charge is 0.418 e. The molecule has 1 atom stereocenters. The number of fused-ring (bicyclic) bond motifs is 1. The quantitative estimate of drug-likeness (QED) is 0.196. The molecule has 1 unspecified atom stereocenters. The maximum Gasteiger partial charge on any atom is 0.418 e. The molecule has 298 valence electrons. The Kier molecular flexibility index (Phi) is 11.1. The first-order chi connectivity index (χ1) is 26.7. The highest BCUT2D eigenvalue weighted by Crippen LogP contribution is 2.41. The van der Waals surface area contributed by atoms with Crippen LogP contribution >= 0.6 is 11.6 Å². The standard InChI is InChI=1S/C39H44ClF3N8O5/c1-48-20-27(26-19-44-47-35(26)38(48)55)23-16-30(40)28(33(17-23)56-3)21-50-12-10-25(11-13-50)49(2)37(54)22-8-14-51(15-9-22)32-6-4-24(18-29(32)39(41,42)43)45-31-5-7-34(52)46-36(31)53/h4,6,16-20,22,25,31,45H,5,7-15,21H2,1-3H3,(H,44,47)(H,46,52,53). The number of benzene rings is 2. The molecule has 3 amide bonds. The van der Waals surface area contributed by atoms with Gasteiger partial charge in [-0.3, -0.25) is 34.5 Å². The molecule has 4 aromatic rings. The first-order valence-corrected chi connectivity index (χ1v) is 19.0. The fourth-order valence-corrected chi connectivity index (χ4v) is 8.44. The second-order valence-corrected chi connectivity index (χ2v) is 15.3. The molecular formula is C39H44ClF3N8O5. The van der Waals surface area contributed by atoms with Crippen molar-refractivity contribution in [2.75, 3.05) is 50.6 Å². The van der Waals surface area contributed by atoms with Gasteiger partial charge < -0.3 is 24.4 Å². The van der Waals surface area contributed by atoms with Gasteiger partial charge in [0.1, 0.15) is 17.3 Å². The molecule has 7 rings (SSSR count). The number of H-pyrrole nitrogens is 1. The number of nitrogens with zero attached hydrogens (tertiary/aromatic N) is 5. The molecule has 3 aliphatic heterocycles. The zero-order valence-electron chi connectivity index (χ0n) is 31.3. The number of nitrogens with one attached hydrogen (secondary N) is 3. The van der Waals surface area contributed by atoms with Crippen molar-refractivity contribution < 1.29 is 32.3 Å². The Morgan fingerprint density at radius 3 is 2.46 bits per heavy atom. The summed E-state index contributed by atoms with van der Waals surface area (Å²) in [7, 11) is 5.10. The number of alkyl halides is 3. The van der Waals surface area contributed by atoms with Gasteiger partial charge in [-0.25, -0.2) is 0 Å². The molecule has 2 aromatic carbocycles. The summed E-state index contributed by atoms with van der Waals surface area (Å²) in [5, 5.41) is 13.1. The summed E-state index contributed by atoms with van der Waals surface area (Å²) in [6.45, 7) is 2.60. The summed E-state index contributed by atoms with van der Waals surface area (Å²) in [6.07, 6.45) is 1.39. The van der Waals surface area contributed by atoms with E-state index in [1.165, 1.54) is 16.7 Å². The fraction of sp³-hybridized carbons (Fsp3) is 0.462. The Morgan fingerprint density at radius 2 is 1.79 bits per heavy atom. The van der Waals surface area contributed by atoms with E-state index in [0.717, 1.165) is 48.7 Å². The van der Waals surface area contributed by atoms with Crippen LogP contribution in [0, 0.1) is 5.92 Å². The number of piperidine rings is 3.